The molecule has 0 saturated heterocycles. The van der Waals surface area contributed by atoms with Gasteiger partial charge in [0.25, 0.3) is 0 Å². The third-order valence-corrected chi connectivity index (χ3v) is 5.95. The van der Waals surface area contributed by atoms with E-state index in [2.05, 4.69) is 6.07 Å². The lowest BCUT2D eigenvalue weighted by Gasteiger charge is -2.36. The maximum absolute atomic E-state index is 14.0. The molecule has 1 aromatic heterocycles. The second kappa shape index (κ2) is 7.25. The maximum atomic E-state index is 14.0. The van der Waals surface area contributed by atoms with Gasteiger partial charge >= 0.3 is 6.18 Å². The summed E-state index contributed by atoms with van der Waals surface area (Å²) in [4.78, 5) is 1.27. The van der Waals surface area contributed by atoms with Crippen molar-refractivity contribution >= 4 is 16.6 Å². The van der Waals surface area contributed by atoms with E-state index in [-0.39, 0.29) is 18.2 Å². The number of hydrogen-bond donors (Lipinski definition) is 0. The summed E-state index contributed by atoms with van der Waals surface area (Å²) in [7, 11) is 0. The van der Waals surface area contributed by atoms with E-state index in [1.165, 1.54) is 17.0 Å². The first-order valence-corrected chi connectivity index (χ1v) is 9.77. The third-order valence-electron chi connectivity index (χ3n) is 5.95. The minimum atomic E-state index is -4.41. The molecule has 29 heavy (non-hydrogen) atoms. The lowest BCUT2D eigenvalue weighted by atomic mass is 10.1. The van der Waals surface area contributed by atoms with E-state index in [1.807, 2.05) is 4.57 Å². The Balaban J connectivity index is 1.99. The molecule has 1 aliphatic heterocycles. The molecule has 1 atom stereocenters. The molecule has 1 saturated carbocycles. The second-order valence-electron chi connectivity index (χ2n) is 7.66. The lowest BCUT2D eigenvalue weighted by molar-refractivity contribution is -0.169. The van der Waals surface area contributed by atoms with Crippen molar-refractivity contribution in [1.29, 1.82) is 5.26 Å². The van der Waals surface area contributed by atoms with Crippen LogP contribution in [0, 0.1) is 17.1 Å². The van der Waals surface area contributed by atoms with Crippen molar-refractivity contribution in [3.8, 4) is 6.07 Å². The summed E-state index contributed by atoms with van der Waals surface area (Å²) < 4.78 is 56.6. The molecule has 1 fully saturated rings. The highest BCUT2D eigenvalue weighted by Gasteiger charge is 2.42. The Morgan fingerprint density at radius 3 is 2.59 bits per heavy atom. The Labute approximate surface area is 166 Å². The van der Waals surface area contributed by atoms with Crippen molar-refractivity contribution in [2.24, 2.45) is 0 Å². The maximum Gasteiger partial charge on any atom is 0.408 e. The van der Waals surface area contributed by atoms with E-state index in [9.17, 15) is 22.8 Å². The van der Waals surface area contributed by atoms with Gasteiger partial charge in [-0.05, 0) is 44.0 Å². The van der Waals surface area contributed by atoms with Gasteiger partial charge in [0.05, 0.1) is 22.5 Å². The average Bonchev–Trinajstić information content (AvgIpc) is 3.31. The van der Waals surface area contributed by atoms with Gasteiger partial charge in [0, 0.05) is 18.0 Å². The van der Waals surface area contributed by atoms with Gasteiger partial charge in [0.15, 0.2) is 0 Å². The number of alkyl halides is 3. The van der Waals surface area contributed by atoms with Crippen LogP contribution < -0.4 is 0 Å². The zero-order valence-corrected chi connectivity index (χ0v) is 16.0. The average molecular weight is 403 g/mol. The summed E-state index contributed by atoms with van der Waals surface area (Å²) in [5.41, 5.74) is 1.74. The van der Waals surface area contributed by atoms with Crippen LogP contribution in [0.4, 0.5) is 17.6 Å². The van der Waals surface area contributed by atoms with Gasteiger partial charge in [-0.3, -0.25) is 0 Å². The molecule has 152 valence electrons. The van der Waals surface area contributed by atoms with Crippen LogP contribution >= 0.6 is 0 Å². The highest BCUT2D eigenvalue weighted by atomic mass is 19.4. The number of benzene rings is 1. The number of allylic oxidation sites excluding steroid dienone is 2. The Morgan fingerprint density at radius 2 is 1.93 bits per heavy atom. The van der Waals surface area contributed by atoms with E-state index < -0.39 is 18.0 Å². The number of nitrogens with zero attached hydrogens (tertiary/aromatic N) is 3. The van der Waals surface area contributed by atoms with Crippen LogP contribution in [0.2, 0.25) is 0 Å². The molecule has 0 bridgehead atoms. The van der Waals surface area contributed by atoms with Gasteiger partial charge in [0.1, 0.15) is 17.9 Å². The van der Waals surface area contributed by atoms with Crippen LogP contribution in [0.15, 0.2) is 36.4 Å². The van der Waals surface area contributed by atoms with Crippen molar-refractivity contribution in [1.82, 2.24) is 9.47 Å². The molecule has 2 aromatic rings. The van der Waals surface area contributed by atoms with Crippen LogP contribution in [0.1, 0.15) is 49.9 Å². The minimum Gasteiger partial charge on any atom is -0.354 e. The predicted octanol–water partition coefficient (Wildman–Crippen LogP) is 5.93. The smallest absolute Gasteiger partial charge is 0.354 e. The molecule has 0 spiro atoms. The van der Waals surface area contributed by atoms with E-state index in [1.54, 1.807) is 24.3 Å². The number of rotatable bonds is 3. The molecular weight excluding hydrogens is 382 g/mol. The zero-order chi connectivity index (χ0) is 20.8. The lowest BCUT2D eigenvalue weighted by Crippen LogP contribution is -2.43. The largest absolute Gasteiger partial charge is 0.408 e. The Kier molecular flexibility index (Phi) is 4.89. The molecule has 1 aliphatic carbocycles. The molecule has 4 rings (SSSR count). The standard InChI is InChI=1S/C22H21F4N3/c1-14(22(24,25)26)28-11-5-4-8-20(28)21-18(13-27)17-12-15(23)9-10-19(17)29(21)16-6-2-3-7-16/h4-5,8-10,12,14,16H,2-3,6-7,11H2,1H3/t14-/m0/s1. The number of fused-ring (bicyclic) bond motifs is 1. The highest BCUT2D eigenvalue weighted by Crippen LogP contribution is 2.42. The van der Waals surface area contributed by atoms with E-state index in [4.69, 9.17) is 0 Å². The van der Waals surface area contributed by atoms with Crippen LogP contribution in [-0.4, -0.2) is 28.2 Å². The van der Waals surface area contributed by atoms with E-state index >= 15 is 0 Å². The molecule has 0 N–H and O–H groups in total. The third kappa shape index (κ3) is 3.31. The first-order valence-electron chi connectivity index (χ1n) is 9.77. The number of hydrogen-bond acceptors (Lipinski definition) is 2. The fourth-order valence-electron chi connectivity index (χ4n) is 4.48. The van der Waals surface area contributed by atoms with E-state index in [0.717, 1.165) is 32.6 Å². The second-order valence-corrected chi connectivity index (χ2v) is 7.66. The molecule has 1 aromatic carbocycles. The van der Waals surface area contributed by atoms with Crippen molar-refractivity contribution in [2.75, 3.05) is 6.54 Å². The molecule has 2 heterocycles. The molecule has 0 amide bonds. The number of aromatic nitrogens is 1. The number of halogens is 4. The summed E-state index contributed by atoms with van der Waals surface area (Å²) in [5.74, 6) is -0.470. The molecule has 2 aliphatic rings. The van der Waals surface area contributed by atoms with Gasteiger partial charge in [-0.2, -0.15) is 18.4 Å². The van der Waals surface area contributed by atoms with Crippen LogP contribution in [0.25, 0.3) is 16.6 Å². The van der Waals surface area contributed by atoms with Gasteiger partial charge < -0.3 is 9.47 Å². The fraction of sp³-hybridized carbons (Fsp3) is 0.409. The zero-order valence-electron chi connectivity index (χ0n) is 16.0. The monoisotopic (exact) mass is 403 g/mol. The van der Waals surface area contributed by atoms with Crippen molar-refractivity contribution in [3.05, 3.63) is 53.5 Å². The molecule has 0 radical (unpaired) electrons. The summed E-state index contributed by atoms with van der Waals surface area (Å²) in [5, 5.41) is 10.4. The first-order chi connectivity index (χ1) is 13.8. The first kappa shape index (κ1) is 19.6. The summed E-state index contributed by atoms with van der Waals surface area (Å²) in [6.45, 7) is 1.22. The van der Waals surface area contributed by atoms with Crippen molar-refractivity contribution in [3.63, 3.8) is 0 Å². The molecule has 7 heteroatoms. The molecule has 3 nitrogen and oxygen atoms in total. The normalized spacial score (nSPS) is 18.9. The quantitative estimate of drug-likeness (QED) is 0.595. The predicted molar refractivity (Wildman–Crippen MR) is 103 cm³/mol. The van der Waals surface area contributed by atoms with Crippen LogP contribution in [-0.2, 0) is 0 Å². The number of nitriles is 1. The van der Waals surface area contributed by atoms with Gasteiger partial charge in [0.2, 0.25) is 0 Å². The van der Waals surface area contributed by atoms with Gasteiger partial charge in [-0.1, -0.05) is 25.0 Å². The summed E-state index contributed by atoms with van der Waals surface area (Å²) in [6.07, 6.45) is 4.42. The summed E-state index contributed by atoms with van der Waals surface area (Å²) >= 11 is 0. The SMILES string of the molecule is C[C@H](N1CC=CC=C1c1c(C#N)c2cc(F)ccc2n1C1CCCC1)C(F)(F)F. The van der Waals surface area contributed by atoms with Gasteiger partial charge in [-0.15, -0.1) is 0 Å². The Morgan fingerprint density at radius 1 is 1.21 bits per heavy atom. The van der Waals surface area contributed by atoms with Crippen LogP contribution in [0.5, 0.6) is 0 Å². The topological polar surface area (TPSA) is 32.0 Å². The Hall–Kier alpha value is -2.75. The molecular formula is C22H21F4N3. The highest BCUT2D eigenvalue weighted by molar-refractivity contribution is 5.93. The Bertz CT molecular complexity index is 1030. The molecule has 0 unspecified atom stereocenters. The van der Waals surface area contributed by atoms with Crippen molar-refractivity contribution in [2.45, 2.75) is 50.9 Å². The fourth-order valence-corrected chi connectivity index (χ4v) is 4.48. The minimum absolute atomic E-state index is 0.0786. The van der Waals surface area contributed by atoms with Crippen molar-refractivity contribution < 1.29 is 17.6 Å². The van der Waals surface area contributed by atoms with Crippen LogP contribution in [0.3, 0.4) is 0 Å². The van der Waals surface area contributed by atoms with E-state index in [0.29, 0.717) is 22.3 Å². The van der Waals surface area contributed by atoms with Gasteiger partial charge in [-0.25, -0.2) is 4.39 Å². The summed E-state index contributed by atoms with van der Waals surface area (Å²) in [6, 6.07) is 4.78.